The van der Waals surface area contributed by atoms with Crippen molar-refractivity contribution in [2.24, 2.45) is 0 Å². The molecule has 25 heavy (non-hydrogen) atoms. The number of aryl methyl sites for hydroxylation is 1. The molecule has 0 aliphatic carbocycles. The van der Waals surface area contributed by atoms with E-state index in [1.54, 1.807) is 13.1 Å². The first kappa shape index (κ1) is 16.6. The lowest BCUT2D eigenvalue weighted by Gasteiger charge is -2.16. The Bertz CT molecular complexity index is 920. The maximum absolute atomic E-state index is 12.5. The summed E-state index contributed by atoms with van der Waals surface area (Å²) < 4.78 is 0. The monoisotopic (exact) mass is 333 g/mol. The lowest BCUT2D eigenvalue weighted by atomic mass is 10.2. The molecule has 3 aromatic rings. The standard InChI is InChI=1S/C20H19N3O2/c1-14-7-10-16(11-8-14)21-19(24)13-23(2)20(25)18-12-9-15-5-3-4-6-17(15)22-18/h3-12H,13H2,1-2H3,(H,21,24). The second kappa shape index (κ2) is 7.13. The summed E-state index contributed by atoms with van der Waals surface area (Å²) in [4.78, 5) is 30.4. The number of nitrogens with zero attached hydrogens (tertiary/aromatic N) is 2. The molecule has 1 heterocycles. The number of rotatable bonds is 4. The van der Waals surface area contributed by atoms with Gasteiger partial charge in [-0.25, -0.2) is 4.98 Å². The van der Waals surface area contributed by atoms with E-state index in [1.165, 1.54) is 4.90 Å². The van der Waals surface area contributed by atoms with Gasteiger partial charge in [-0.3, -0.25) is 9.59 Å². The molecule has 1 aromatic heterocycles. The van der Waals surface area contributed by atoms with Crippen LogP contribution in [0.4, 0.5) is 5.69 Å². The molecule has 0 aliphatic rings. The van der Waals surface area contributed by atoms with Crippen molar-refractivity contribution in [1.82, 2.24) is 9.88 Å². The quantitative estimate of drug-likeness (QED) is 0.797. The average molecular weight is 333 g/mol. The van der Waals surface area contributed by atoms with Crippen molar-refractivity contribution in [3.63, 3.8) is 0 Å². The number of anilines is 1. The van der Waals surface area contributed by atoms with Crippen LogP contribution in [0, 0.1) is 6.92 Å². The number of pyridine rings is 1. The number of fused-ring (bicyclic) bond motifs is 1. The van der Waals surface area contributed by atoms with E-state index in [0.29, 0.717) is 11.4 Å². The van der Waals surface area contributed by atoms with Gasteiger partial charge in [0.15, 0.2) is 0 Å². The Morgan fingerprint density at radius 3 is 2.48 bits per heavy atom. The smallest absolute Gasteiger partial charge is 0.272 e. The van der Waals surface area contributed by atoms with E-state index in [4.69, 9.17) is 0 Å². The fraction of sp³-hybridized carbons (Fsp3) is 0.150. The second-order valence-corrected chi connectivity index (χ2v) is 5.96. The van der Waals surface area contributed by atoms with Gasteiger partial charge in [-0.1, -0.05) is 42.0 Å². The number of amides is 2. The van der Waals surface area contributed by atoms with E-state index in [0.717, 1.165) is 16.5 Å². The van der Waals surface area contributed by atoms with Crippen LogP contribution in [-0.2, 0) is 4.79 Å². The third kappa shape index (κ3) is 4.01. The van der Waals surface area contributed by atoms with E-state index in [2.05, 4.69) is 10.3 Å². The number of aromatic nitrogens is 1. The lowest BCUT2D eigenvalue weighted by Crippen LogP contribution is -2.35. The van der Waals surface area contributed by atoms with Crippen LogP contribution in [0.5, 0.6) is 0 Å². The van der Waals surface area contributed by atoms with Crippen LogP contribution < -0.4 is 5.32 Å². The van der Waals surface area contributed by atoms with Crippen molar-refractivity contribution in [3.05, 3.63) is 71.9 Å². The van der Waals surface area contributed by atoms with Crippen molar-refractivity contribution in [2.75, 3.05) is 18.9 Å². The van der Waals surface area contributed by atoms with Gasteiger partial charge >= 0.3 is 0 Å². The summed E-state index contributed by atoms with van der Waals surface area (Å²) in [5, 5.41) is 3.75. The van der Waals surface area contributed by atoms with Crippen LogP contribution in [0.2, 0.25) is 0 Å². The summed E-state index contributed by atoms with van der Waals surface area (Å²) >= 11 is 0. The van der Waals surface area contributed by atoms with E-state index in [9.17, 15) is 9.59 Å². The molecular formula is C20H19N3O2. The van der Waals surface area contributed by atoms with Gasteiger partial charge in [0.25, 0.3) is 5.91 Å². The predicted octanol–water partition coefficient (Wildman–Crippen LogP) is 3.25. The fourth-order valence-electron chi connectivity index (χ4n) is 2.51. The summed E-state index contributed by atoms with van der Waals surface area (Å²) in [7, 11) is 1.59. The molecule has 0 fully saturated rings. The first-order valence-corrected chi connectivity index (χ1v) is 8.01. The first-order chi connectivity index (χ1) is 12.0. The van der Waals surface area contributed by atoms with Gasteiger partial charge in [0, 0.05) is 18.1 Å². The van der Waals surface area contributed by atoms with E-state index in [-0.39, 0.29) is 18.4 Å². The number of benzene rings is 2. The number of para-hydroxylation sites is 1. The van der Waals surface area contributed by atoms with E-state index >= 15 is 0 Å². The molecule has 0 spiro atoms. The van der Waals surface area contributed by atoms with Gasteiger partial charge in [0.1, 0.15) is 5.69 Å². The zero-order valence-corrected chi connectivity index (χ0v) is 14.2. The number of nitrogens with one attached hydrogen (secondary N) is 1. The Kier molecular flexibility index (Phi) is 4.75. The van der Waals surface area contributed by atoms with Gasteiger partial charge in [0.2, 0.25) is 5.91 Å². The van der Waals surface area contributed by atoms with Crippen molar-refractivity contribution in [1.29, 1.82) is 0 Å². The highest BCUT2D eigenvalue weighted by Crippen LogP contribution is 2.13. The Labute approximate surface area is 146 Å². The maximum Gasteiger partial charge on any atom is 0.272 e. The summed E-state index contributed by atoms with van der Waals surface area (Å²) in [5.74, 6) is -0.537. The normalized spacial score (nSPS) is 10.5. The van der Waals surface area contributed by atoms with Gasteiger partial charge in [-0.2, -0.15) is 0 Å². The number of likely N-dealkylation sites (N-methyl/N-ethyl adjacent to an activating group) is 1. The molecule has 2 amide bonds. The lowest BCUT2D eigenvalue weighted by molar-refractivity contribution is -0.116. The molecular weight excluding hydrogens is 314 g/mol. The van der Waals surface area contributed by atoms with E-state index < -0.39 is 0 Å². The molecule has 0 unspecified atom stereocenters. The zero-order chi connectivity index (χ0) is 17.8. The predicted molar refractivity (Wildman–Crippen MR) is 98.5 cm³/mol. The summed E-state index contributed by atoms with van der Waals surface area (Å²) in [6.45, 7) is 1.94. The molecule has 0 radical (unpaired) electrons. The minimum Gasteiger partial charge on any atom is -0.331 e. The Hall–Kier alpha value is -3.21. The van der Waals surface area contributed by atoms with Crippen molar-refractivity contribution < 1.29 is 9.59 Å². The summed E-state index contributed by atoms with van der Waals surface area (Å²) in [5.41, 5.74) is 2.91. The fourth-order valence-corrected chi connectivity index (χ4v) is 2.51. The first-order valence-electron chi connectivity index (χ1n) is 8.01. The molecule has 0 saturated carbocycles. The van der Waals surface area contributed by atoms with Gasteiger partial charge in [-0.05, 0) is 31.2 Å². The van der Waals surface area contributed by atoms with Crippen LogP contribution in [0.15, 0.2) is 60.7 Å². The molecule has 3 rings (SSSR count). The van der Waals surface area contributed by atoms with Crippen molar-refractivity contribution in [3.8, 4) is 0 Å². The average Bonchev–Trinajstić information content (AvgIpc) is 2.62. The third-order valence-electron chi connectivity index (χ3n) is 3.88. The topological polar surface area (TPSA) is 62.3 Å². The van der Waals surface area contributed by atoms with Crippen LogP contribution in [0.3, 0.4) is 0 Å². The number of carbonyl (C=O) groups is 2. The highest BCUT2D eigenvalue weighted by molar-refractivity contribution is 5.99. The van der Waals surface area contributed by atoms with Crippen LogP contribution in [0.25, 0.3) is 10.9 Å². The number of hydrogen-bond acceptors (Lipinski definition) is 3. The SMILES string of the molecule is Cc1ccc(NC(=O)CN(C)C(=O)c2ccc3ccccc3n2)cc1. The molecule has 0 bridgehead atoms. The molecule has 5 heteroatoms. The van der Waals surface area contributed by atoms with Crippen molar-refractivity contribution >= 4 is 28.4 Å². The number of carbonyl (C=O) groups excluding carboxylic acids is 2. The van der Waals surface area contributed by atoms with Crippen LogP contribution in [0.1, 0.15) is 16.1 Å². The Balaban J connectivity index is 1.66. The minimum atomic E-state index is -0.287. The maximum atomic E-state index is 12.5. The minimum absolute atomic E-state index is 0.0405. The largest absolute Gasteiger partial charge is 0.331 e. The number of hydrogen-bond donors (Lipinski definition) is 1. The summed E-state index contributed by atoms with van der Waals surface area (Å²) in [6, 6.07) is 18.6. The Morgan fingerprint density at radius 2 is 1.72 bits per heavy atom. The van der Waals surface area contributed by atoms with Crippen molar-refractivity contribution in [2.45, 2.75) is 6.92 Å². The Morgan fingerprint density at radius 1 is 1.00 bits per heavy atom. The molecule has 2 aromatic carbocycles. The van der Waals surface area contributed by atoms with Crippen LogP contribution in [-0.4, -0.2) is 35.3 Å². The van der Waals surface area contributed by atoms with Gasteiger partial charge < -0.3 is 10.2 Å². The van der Waals surface area contributed by atoms with Gasteiger partial charge in [-0.15, -0.1) is 0 Å². The van der Waals surface area contributed by atoms with E-state index in [1.807, 2.05) is 61.5 Å². The highest BCUT2D eigenvalue weighted by atomic mass is 16.2. The second-order valence-electron chi connectivity index (χ2n) is 5.96. The summed E-state index contributed by atoms with van der Waals surface area (Å²) in [6.07, 6.45) is 0. The van der Waals surface area contributed by atoms with Gasteiger partial charge in [0.05, 0.1) is 12.1 Å². The molecule has 1 N–H and O–H groups in total. The zero-order valence-electron chi connectivity index (χ0n) is 14.2. The highest BCUT2D eigenvalue weighted by Gasteiger charge is 2.16. The molecule has 0 atom stereocenters. The molecule has 0 aliphatic heterocycles. The third-order valence-corrected chi connectivity index (χ3v) is 3.88. The molecule has 0 saturated heterocycles. The van der Waals surface area contributed by atoms with Crippen LogP contribution >= 0.6 is 0 Å². The molecule has 126 valence electrons. The molecule has 5 nitrogen and oxygen atoms in total.